The fourth-order valence-electron chi connectivity index (χ4n) is 1.60. The molecule has 0 spiro atoms. The highest BCUT2D eigenvalue weighted by Crippen LogP contribution is 2.01. The molecule has 0 atom stereocenters. The number of amides is 1. The summed E-state index contributed by atoms with van der Waals surface area (Å²) < 4.78 is 5.11. The Morgan fingerprint density at radius 3 is 2.74 bits per heavy atom. The van der Waals surface area contributed by atoms with E-state index < -0.39 is 5.97 Å². The van der Waals surface area contributed by atoms with Gasteiger partial charge < -0.3 is 14.8 Å². The zero-order valence-electron chi connectivity index (χ0n) is 11.3. The molecule has 0 aliphatic rings. The summed E-state index contributed by atoms with van der Waals surface area (Å²) in [5, 5.41) is 11.4. The number of hydrogen-bond acceptors (Lipinski definition) is 4. The average Bonchev–Trinajstić information content (AvgIpc) is 2.84. The lowest BCUT2D eigenvalue weighted by Gasteiger charge is -2.24. The standard InChI is InChI=1S/C13H20N2O4/c1-10(2)15(6-5-13(17)18)9-12(16)14-8-11-4-3-7-19-11/h3-4,7,10H,5-6,8-9H2,1-2H3,(H,14,16)(H,17,18). The smallest absolute Gasteiger partial charge is 0.304 e. The van der Waals surface area contributed by atoms with Crippen LogP contribution in [0.5, 0.6) is 0 Å². The number of nitrogens with zero attached hydrogens (tertiary/aromatic N) is 1. The van der Waals surface area contributed by atoms with Gasteiger partial charge in [0.25, 0.3) is 0 Å². The Bertz CT molecular complexity index is 401. The van der Waals surface area contributed by atoms with Crippen LogP contribution in [-0.4, -0.2) is 41.0 Å². The zero-order chi connectivity index (χ0) is 14.3. The highest BCUT2D eigenvalue weighted by molar-refractivity contribution is 5.78. The molecule has 106 valence electrons. The van der Waals surface area contributed by atoms with Gasteiger partial charge in [0.1, 0.15) is 5.76 Å². The van der Waals surface area contributed by atoms with E-state index in [0.29, 0.717) is 18.8 Å². The van der Waals surface area contributed by atoms with Crippen LogP contribution in [0.4, 0.5) is 0 Å². The Kier molecular flexibility index (Phi) is 6.08. The van der Waals surface area contributed by atoms with Gasteiger partial charge in [0.15, 0.2) is 0 Å². The summed E-state index contributed by atoms with van der Waals surface area (Å²) in [4.78, 5) is 24.1. The molecule has 2 N–H and O–H groups in total. The number of aliphatic carboxylic acids is 1. The third-order valence-corrected chi connectivity index (χ3v) is 2.73. The van der Waals surface area contributed by atoms with Gasteiger partial charge in [0.05, 0.1) is 25.8 Å². The van der Waals surface area contributed by atoms with Crippen molar-refractivity contribution in [3.8, 4) is 0 Å². The molecule has 0 aliphatic carbocycles. The van der Waals surface area contributed by atoms with Crippen molar-refractivity contribution < 1.29 is 19.1 Å². The summed E-state index contributed by atoms with van der Waals surface area (Å²) in [5.41, 5.74) is 0. The Morgan fingerprint density at radius 2 is 2.21 bits per heavy atom. The van der Waals surface area contributed by atoms with Crippen molar-refractivity contribution in [2.75, 3.05) is 13.1 Å². The van der Waals surface area contributed by atoms with Gasteiger partial charge in [0.2, 0.25) is 5.91 Å². The molecule has 0 unspecified atom stereocenters. The van der Waals surface area contributed by atoms with E-state index in [0.717, 1.165) is 0 Å². The number of carbonyl (C=O) groups is 2. The molecule has 1 heterocycles. The molecule has 1 aromatic heterocycles. The second-order valence-electron chi connectivity index (χ2n) is 4.56. The fraction of sp³-hybridized carbons (Fsp3) is 0.538. The topological polar surface area (TPSA) is 82.8 Å². The Hall–Kier alpha value is -1.82. The first-order valence-corrected chi connectivity index (χ1v) is 6.24. The van der Waals surface area contributed by atoms with Crippen LogP contribution in [0.25, 0.3) is 0 Å². The first kappa shape index (κ1) is 15.2. The Balaban J connectivity index is 2.36. The molecule has 1 aromatic rings. The SMILES string of the molecule is CC(C)N(CCC(=O)O)CC(=O)NCc1ccco1. The van der Waals surface area contributed by atoms with Crippen molar-refractivity contribution >= 4 is 11.9 Å². The minimum Gasteiger partial charge on any atom is -0.481 e. The molecule has 0 saturated heterocycles. The lowest BCUT2D eigenvalue weighted by Crippen LogP contribution is -2.41. The molecule has 0 bridgehead atoms. The number of nitrogens with one attached hydrogen (secondary N) is 1. The van der Waals surface area contributed by atoms with Crippen molar-refractivity contribution in [2.24, 2.45) is 0 Å². The molecular formula is C13H20N2O4. The van der Waals surface area contributed by atoms with Gasteiger partial charge in [-0.3, -0.25) is 14.5 Å². The van der Waals surface area contributed by atoms with E-state index in [1.807, 2.05) is 18.7 Å². The van der Waals surface area contributed by atoms with Gasteiger partial charge in [-0.15, -0.1) is 0 Å². The highest BCUT2D eigenvalue weighted by atomic mass is 16.4. The lowest BCUT2D eigenvalue weighted by molar-refractivity contribution is -0.138. The number of carbonyl (C=O) groups excluding carboxylic acids is 1. The largest absolute Gasteiger partial charge is 0.481 e. The van der Waals surface area contributed by atoms with E-state index in [-0.39, 0.29) is 24.9 Å². The summed E-state index contributed by atoms with van der Waals surface area (Å²) in [6.07, 6.45) is 1.58. The van der Waals surface area contributed by atoms with E-state index in [4.69, 9.17) is 9.52 Å². The van der Waals surface area contributed by atoms with Gasteiger partial charge >= 0.3 is 5.97 Å². The fourth-order valence-corrected chi connectivity index (χ4v) is 1.60. The summed E-state index contributed by atoms with van der Waals surface area (Å²) in [5.74, 6) is -0.313. The first-order valence-electron chi connectivity index (χ1n) is 6.24. The number of furan rings is 1. The van der Waals surface area contributed by atoms with Gasteiger partial charge in [-0.2, -0.15) is 0 Å². The number of hydrogen-bond donors (Lipinski definition) is 2. The molecule has 0 fully saturated rings. The monoisotopic (exact) mass is 268 g/mol. The van der Waals surface area contributed by atoms with E-state index in [1.165, 1.54) is 0 Å². The van der Waals surface area contributed by atoms with Crippen LogP contribution in [0.1, 0.15) is 26.0 Å². The van der Waals surface area contributed by atoms with Crippen molar-refractivity contribution in [1.82, 2.24) is 10.2 Å². The van der Waals surface area contributed by atoms with Gasteiger partial charge in [-0.1, -0.05) is 0 Å². The lowest BCUT2D eigenvalue weighted by atomic mass is 10.2. The van der Waals surface area contributed by atoms with Crippen molar-refractivity contribution in [1.29, 1.82) is 0 Å². The van der Waals surface area contributed by atoms with Crippen LogP contribution < -0.4 is 5.32 Å². The quantitative estimate of drug-likeness (QED) is 0.737. The number of carboxylic acid groups (broad SMARTS) is 1. The third-order valence-electron chi connectivity index (χ3n) is 2.73. The highest BCUT2D eigenvalue weighted by Gasteiger charge is 2.15. The Morgan fingerprint density at radius 1 is 1.47 bits per heavy atom. The first-order chi connectivity index (χ1) is 8.99. The van der Waals surface area contributed by atoms with Crippen LogP contribution in [-0.2, 0) is 16.1 Å². The summed E-state index contributed by atoms with van der Waals surface area (Å²) in [7, 11) is 0. The Labute approximate surface area is 112 Å². The molecule has 1 amide bonds. The summed E-state index contributed by atoms with van der Waals surface area (Å²) >= 11 is 0. The van der Waals surface area contributed by atoms with Crippen LogP contribution in [0.2, 0.25) is 0 Å². The maximum Gasteiger partial charge on any atom is 0.304 e. The average molecular weight is 268 g/mol. The summed E-state index contributed by atoms with van der Waals surface area (Å²) in [6.45, 7) is 4.76. The predicted molar refractivity (Wildman–Crippen MR) is 69.5 cm³/mol. The van der Waals surface area contributed by atoms with Crippen molar-refractivity contribution in [3.63, 3.8) is 0 Å². The minimum atomic E-state index is -0.860. The third kappa shape index (κ3) is 6.05. The maximum atomic E-state index is 11.8. The van der Waals surface area contributed by atoms with E-state index in [9.17, 15) is 9.59 Å². The number of carboxylic acids is 1. The van der Waals surface area contributed by atoms with Crippen LogP contribution >= 0.6 is 0 Å². The second kappa shape index (κ2) is 7.58. The van der Waals surface area contributed by atoms with E-state index >= 15 is 0 Å². The van der Waals surface area contributed by atoms with Crippen LogP contribution in [0.15, 0.2) is 22.8 Å². The second-order valence-corrected chi connectivity index (χ2v) is 4.56. The predicted octanol–water partition coefficient (Wildman–Crippen LogP) is 1.08. The van der Waals surface area contributed by atoms with Crippen LogP contribution in [0, 0.1) is 0 Å². The van der Waals surface area contributed by atoms with Gasteiger partial charge in [0, 0.05) is 12.6 Å². The number of rotatable bonds is 8. The molecule has 0 aromatic carbocycles. The molecule has 1 rings (SSSR count). The molecule has 19 heavy (non-hydrogen) atoms. The van der Waals surface area contributed by atoms with Gasteiger partial charge in [-0.05, 0) is 26.0 Å². The molecule has 0 radical (unpaired) electrons. The maximum absolute atomic E-state index is 11.8. The molecule has 0 aliphatic heterocycles. The van der Waals surface area contributed by atoms with Crippen molar-refractivity contribution in [2.45, 2.75) is 32.9 Å². The zero-order valence-corrected chi connectivity index (χ0v) is 11.3. The van der Waals surface area contributed by atoms with Crippen LogP contribution in [0.3, 0.4) is 0 Å². The minimum absolute atomic E-state index is 0.0314. The molecule has 6 heteroatoms. The molecule has 0 saturated carbocycles. The van der Waals surface area contributed by atoms with Gasteiger partial charge in [-0.25, -0.2) is 0 Å². The van der Waals surface area contributed by atoms with E-state index in [2.05, 4.69) is 5.32 Å². The normalized spacial score (nSPS) is 10.9. The molecule has 6 nitrogen and oxygen atoms in total. The molecular weight excluding hydrogens is 248 g/mol. The van der Waals surface area contributed by atoms with E-state index in [1.54, 1.807) is 18.4 Å². The van der Waals surface area contributed by atoms with Crippen molar-refractivity contribution in [3.05, 3.63) is 24.2 Å². The summed E-state index contributed by atoms with van der Waals surface area (Å²) in [6, 6.07) is 3.66.